The molecular formula is C15H16N4O2S. The first-order chi connectivity index (χ1) is 10.6. The normalized spacial score (nSPS) is 17.2. The highest BCUT2D eigenvalue weighted by Gasteiger charge is 2.29. The zero-order chi connectivity index (χ0) is 15.5. The van der Waals surface area contributed by atoms with Crippen molar-refractivity contribution in [2.24, 2.45) is 5.16 Å². The van der Waals surface area contributed by atoms with E-state index in [4.69, 9.17) is 4.84 Å². The molecule has 0 spiro atoms. The summed E-state index contributed by atoms with van der Waals surface area (Å²) in [6.07, 6.45) is -0.173. The summed E-state index contributed by atoms with van der Waals surface area (Å²) < 4.78 is 0. The summed E-state index contributed by atoms with van der Waals surface area (Å²) in [5.41, 5.74) is 1.75. The second-order valence-electron chi connectivity index (χ2n) is 5.29. The van der Waals surface area contributed by atoms with E-state index in [0.29, 0.717) is 17.5 Å². The van der Waals surface area contributed by atoms with E-state index in [2.05, 4.69) is 20.7 Å². The molecular weight excluding hydrogens is 300 g/mol. The molecule has 2 heterocycles. The molecule has 114 valence electrons. The number of carbonyl (C=O) groups excluding carboxylic acids is 1. The van der Waals surface area contributed by atoms with Gasteiger partial charge in [-0.1, -0.05) is 60.7 Å². The van der Waals surface area contributed by atoms with Crippen molar-refractivity contribution in [1.29, 1.82) is 0 Å². The molecule has 0 saturated carbocycles. The molecule has 0 aliphatic carbocycles. The van der Waals surface area contributed by atoms with Crippen LogP contribution in [0.4, 0.5) is 5.13 Å². The van der Waals surface area contributed by atoms with Crippen LogP contribution in [-0.2, 0) is 9.63 Å². The number of rotatable bonds is 4. The summed E-state index contributed by atoms with van der Waals surface area (Å²) in [4.78, 5) is 17.4. The van der Waals surface area contributed by atoms with Gasteiger partial charge in [-0.3, -0.25) is 10.1 Å². The maximum Gasteiger partial charge on any atom is 0.270 e. The van der Waals surface area contributed by atoms with Crippen LogP contribution in [0.1, 0.15) is 36.8 Å². The van der Waals surface area contributed by atoms with Gasteiger partial charge in [0.2, 0.25) is 11.2 Å². The maximum absolute atomic E-state index is 12.2. The lowest BCUT2D eigenvalue weighted by molar-refractivity contribution is -0.125. The first kappa shape index (κ1) is 14.6. The van der Waals surface area contributed by atoms with Crippen LogP contribution in [-0.4, -0.2) is 27.9 Å². The second-order valence-corrected chi connectivity index (χ2v) is 6.30. The predicted molar refractivity (Wildman–Crippen MR) is 85.1 cm³/mol. The van der Waals surface area contributed by atoms with Crippen LogP contribution >= 0.6 is 11.3 Å². The summed E-state index contributed by atoms with van der Waals surface area (Å²) in [7, 11) is 0. The van der Waals surface area contributed by atoms with Gasteiger partial charge in [0.1, 0.15) is 5.01 Å². The molecule has 1 aromatic carbocycles. The van der Waals surface area contributed by atoms with E-state index < -0.39 is 6.10 Å². The largest absolute Gasteiger partial charge is 0.382 e. The Morgan fingerprint density at radius 3 is 2.77 bits per heavy atom. The second kappa shape index (κ2) is 6.23. The van der Waals surface area contributed by atoms with Gasteiger partial charge in [0.05, 0.1) is 5.71 Å². The average Bonchev–Trinajstić information content (AvgIpc) is 3.17. The van der Waals surface area contributed by atoms with Crippen molar-refractivity contribution >= 4 is 28.1 Å². The number of carbonyl (C=O) groups is 1. The zero-order valence-electron chi connectivity index (χ0n) is 12.3. The van der Waals surface area contributed by atoms with Gasteiger partial charge in [-0.05, 0) is 5.56 Å². The average molecular weight is 316 g/mol. The molecule has 1 amide bonds. The van der Waals surface area contributed by atoms with Crippen molar-refractivity contribution < 1.29 is 9.63 Å². The Kier molecular flexibility index (Phi) is 4.15. The van der Waals surface area contributed by atoms with E-state index in [1.807, 2.05) is 44.2 Å². The van der Waals surface area contributed by atoms with Gasteiger partial charge < -0.3 is 4.84 Å². The van der Waals surface area contributed by atoms with E-state index in [0.717, 1.165) is 16.3 Å². The van der Waals surface area contributed by atoms with E-state index >= 15 is 0 Å². The standard InChI is InChI=1S/C15H16N4O2S/c1-9(2)14-17-18-15(22-14)16-13(20)12-8-11(19-21-12)10-6-4-3-5-7-10/h3-7,9,12H,8H2,1-2H3,(H,16,18,20)/t12-/m1/s1. The zero-order valence-corrected chi connectivity index (χ0v) is 13.1. The molecule has 0 saturated heterocycles. The number of anilines is 1. The third kappa shape index (κ3) is 3.14. The number of hydrogen-bond acceptors (Lipinski definition) is 6. The highest BCUT2D eigenvalue weighted by Crippen LogP contribution is 2.23. The first-order valence-electron chi connectivity index (χ1n) is 7.06. The smallest absolute Gasteiger partial charge is 0.270 e. The van der Waals surface area contributed by atoms with Gasteiger partial charge in [0.15, 0.2) is 0 Å². The molecule has 22 heavy (non-hydrogen) atoms. The van der Waals surface area contributed by atoms with E-state index in [1.165, 1.54) is 11.3 Å². The highest BCUT2D eigenvalue weighted by atomic mass is 32.1. The molecule has 6 nitrogen and oxygen atoms in total. The molecule has 1 aliphatic rings. The molecule has 1 aliphatic heterocycles. The molecule has 0 bridgehead atoms. The van der Waals surface area contributed by atoms with Gasteiger partial charge in [-0.25, -0.2) is 0 Å². The Hall–Kier alpha value is -2.28. The monoisotopic (exact) mass is 316 g/mol. The fraction of sp³-hybridized carbons (Fsp3) is 0.333. The lowest BCUT2D eigenvalue weighted by Crippen LogP contribution is -2.28. The van der Waals surface area contributed by atoms with Gasteiger partial charge in [-0.2, -0.15) is 0 Å². The number of aromatic nitrogens is 2. The predicted octanol–water partition coefficient (Wildman–Crippen LogP) is 2.79. The topological polar surface area (TPSA) is 76.5 Å². The highest BCUT2D eigenvalue weighted by molar-refractivity contribution is 7.15. The van der Waals surface area contributed by atoms with Crippen LogP contribution in [0.15, 0.2) is 35.5 Å². The van der Waals surface area contributed by atoms with E-state index in [9.17, 15) is 4.79 Å². The van der Waals surface area contributed by atoms with Crippen molar-refractivity contribution in [3.8, 4) is 0 Å². The Balaban J connectivity index is 1.60. The number of hydrogen-bond donors (Lipinski definition) is 1. The Labute approximate surface area is 132 Å². The van der Waals surface area contributed by atoms with Crippen LogP contribution in [0.3, 0.4) is 0 Å². The van der Waals surface area contributed by atoms with Crippen molar-refractivity contribution in [2.75, 3.05) is 5.32 Å². The minimum atomic E-state index is -0.624. The lowest BCUT2D eigenvalue weighted by atomic mass is 10.1. The van der Waals surface area contributed by atoms with Gasteiger partial charge in [0, 0.05) is 12.3 Å². The van der Waals surface area contributed by atoms with Crippen molar-refractivity contribution in [2.45, 2.75) is 32.3 Å². The fourth-order valence-corrected chi connectivity index (χ4v) is 2.77. The third-order valence-corrected chi connectivity index (χ3v) is 4.37. The van der Waals surface area contributed by atoms with Crippen LogP contribution in [0.5, 0.6) is 0 Å². The minimum Gasteiger partial charge on any atom is -0.382 e. The first-order valence-corrected chi connectivity index (χ1v) is 7.87. The number of amides is 1. The summed E-state index contributed by atoms with van der Waals surface area (Å²) in [6, 6.07) is 9.69. The quantitative estimate of drug-likeness (QED) is 0.941. The van der Waals surface area contributed by atoms with Crippen LogP contribution in [0.25, 0.3) is 0 Å². The van der Waals surface area contributed by atoms with Gasteiger partial charge >= 0.3 is 0 Å². The SMILES string of the molecule is CC(C)c1nnc(NC(=O)[C@H]2CC(c3ccccc3)=NO2)s1. The summed E-state index contributed by atoms with van der Waals surface area (Å²) >= 11 is 1.38. The van der Waals surface area contributed by atoms with Crippen molar-refractivity contribution in [1.82, 2.24) is 10.2 Å². The number of nitrogens with one attached hydrogen (secondary N) is 1. The van der Waals surface area contributed by atoms with Crippen LogP contribution < -0.4 is 5.32 Å². The van der Waals surface area contributed by atoms with Gasteiger partial charge in [-0.15, -0.1) is 10.2 Å². The minimum absolute atomic E-state index is 0.249. The Morgan fingerprint density at radius 2 is 2.09 bits per heavy atom. The fourth-order valence-electron chi connectivity index (χ4n) is 2.02. The summed E-state index contributed by atoms with van der Waals surface area (Å²) in [5.74, 6) is 0.0417. The summed E-state index contributed by atoms with van der Waals surface area (Å²) in [6.45, 7) is 4.07. The van der Waals surface area contributed by atoms with Crippen LogP contribution in [0, 0.1) is 0 Å². The molecule has 7 heteroatoms. The number of benzene rings is 1. The molecule has 1 aromatic heterocycles. The van der Waals surface area contributed by atoms with E-state index in [1.54, 1.807) is 0 Å². The lowest BCUT2D eigenvalue weighted by Gasteiger charge is -2.06. The van der Waals surface area contributed by atoms with Crippen molar-refractivity contribution in [3.63, 3.8) is 0 Å². The Morgan fingerprint density at radius 1 is 1.32 bits per heavy atom. The summed E-state index contributed by atoms with van der Waals surface area (Å²) in [5, 5.41) is 16.1. The molecule has 0 unspecified atom stereocenters. The third-order valence-electron chi connectivity index (χ3n) is 3.23. The molecule has 0 fully saturated rings. The molecule has 2 aromatic rings. The molecule has 0 radical (unpaired) electrons. The maximum atomic E-state index is 12.2. The van der Waals surface area contributed by atoms with E-state index in [-0.39, 0.29) is 5.91 Å². The molecule has 3 rings (SSSR count). The number of nitrogens with zero attached hydrogens (tertiary/aromatic N) is 3. The van der Waals surface area contributed by atoms with Crippen molar-refractivity contribution in [3.05, 3.63) is 40.9 Å². The molecule has 1 atom stereocenters. The van der Waals surface area contributed by atoms with Gasteiger partial charge in [0.25, 0.3) is 5.91 Å². The number of oxime groups is 1. The molecule has 1 N–H and O–H groups in total. The van der Waals surface area contributed by atoms with Crippen LogP contribution in [0.2, 0.25) is 0 Å². The Bertz CT molecular complexity index is 697.